The van der Waals surface area contributed by atoms with Gasteiger partial charge in [-0.2, -0.15) is 13.2 Å². The number of oxime groups is 1. The molecule has 2 aromatic rings. The van der Waals surface area contributed by atoms with Gasteiger partial charge in [0.2, 0.25) is 0 Å². The second-order valence-corrected chi connectivity index (χ2v) is 12.7. The third kappa shape index (κ3) is 6.03. The second kappa shape index (κ2) is 11.8. The maximum atomic E-state index is 13.2. The van der Waals surface area contributed by atoms with Gasteiger partial charge in [-0.25, -0.2) is 0 Å². The molecule has 10 heteroatoms. The average Bonchev–Trinajstić information content (AvgIpc) is 2.90. The second-order valence-electron chi connectivity index (χ2n) is 11.8. The van der Waals surface area contributed by atoms with Gasteiger partial charge in [-0.3, -0.25) is 9.59 Å². The lowest BCUT2D eigenvalue weighted by atomic mass is 9.49. The van der Waals surface area contributed by atoms with Crippen LogP contribution in [0, 0.1) is 11.3 Å². The minimum atomic E-state index is -4.63. The summed E-state index contributed by atoms with van der Waals surface area (Å²) in [5, 5.41) is 17.2. The molecule has 0 aliphatic heterocycles. The van der Waals surface area contributed by atoms with Crippen LogP contribution in [0.1, 0.15) is 98.3 Å². The summed E-state index contributed by atoms with van der Waals surface area (Å²) in [6, 6.07) is 8.91. The Kier molecular flexibility index (Phi) is 8.92. The molecular formula is C31H36BrF3N2O4. The van der Waals surface area contributed by atoms with Crippen LogP contribution >= 0.6 is 15.9 Å². The highest BCUT2D eigenvalue weighted by molar-refractivity contribution is 9.10. The number of hydrogen-bond donors (Lipinski definition) is 2. The largest absolute Gasteiger partial charge is 0.481 e. The number of alkyl halides is 3. The Morgan fingerprint density at radius 3 is 2.56 bits per heavy atom. The van der Waals surface area contributed by atoms with Gasteiger partial charge in [0.1, 0.15) is 6.61 Å². The van der Waals surface area contributed by atoms with Gasteiger partial charge in [0, 0.05) is 23.0 Å². The number of benzene rings is 2. The number of aliphatic carboxylic acids is 1. The minimum absolute atomic E-state index is 0.106. The van der Waals surface area contributed by atoms with Crippen molar-refractivity contribution >= 4 is 33.5 Å². The average molecular weight is 638 g/mol. The van der Waals surface area contributed by atoms with E-state index in [2.05, 4.69) is 59.3 Å². The molecule has 2 aliphatic rings. The Balaban J connectivity index is 1.52. The van der Waals surface area contributed by atoms with E-state index in [9.17, 15) is 27.9 Å². The van der Waals surface area contributed by atoms with E-state index in [1.807, 2.05) is 6.92 Å². The van der Waals surface area contributed by atoms with Crippen molar-refractivity contribution in [3.05, 3.63) is 68.7 Å². The first-order valence-corrected chi connectivity index (χ1v) is 14.7. The molecule has 1 amide bonds. The number of carbonyl (C=O) groups excluding carboxylic acids is 1. The van der Waals surface area contributed by atoms with Crippen molar-refractivity contribution in [2.75, 3.05) is 13.2 Å². The lowest BCUT2D eigenvalue weighted by molar-refractivity contribution is -0.156. The number of halogens is 4. The van der Waals surface area contributed by atoms with Gasteiger partial charge in [0.25, 0.3) is 5.91 Å². The van der Waals surface area contributed by atoms with Crippen molar-refractivity contribution < 1.29 is 32.7 Å². The SMILES string of the molecule is CC(C)c1cc2c(cc1Br)[C@@]1(C)CCC[C@@](C)(C(=O)O)[C@@H]1C/C2=N\OCCCNC(=O)c1ccccc1C(F)(F)F. The van der Waals surface area contributed by atoms with Gasteiger partial charge >= 0.3 is 12.1 Å². The Hall–Kier alpha value is -2.88. The number of hydrogen-bond acceptors (Lipinski definition) is 4. The molecule has 0 bridgehead atoms. The summed E-state index contributed by atoms with van der Waals surface area (Å²) in [7, 11) is 0. The molecule has 0 aromatic heterocycles. The molecule has 1 saturated carbocycles. The number of amides is 1. The number of carbonyl (C=O) groups is 2. The Morgan fingerprint density at radius 2 is 1.90 bits per heavy atom. The molecule has 41 heavy (non-hydrogen) atoms. The lowest BCUT2D eigenvalue weighted by Crippen LogP contribution is -2.53. The summed E-state index contributed by atoms with van der Waals surface area (Å²) in [5.41, 5.74) is 1.18. The quantitative estimate of drug-likeness (QED) is 0.230. The standard InChI is InChI=1S/C31H36BrF3N2O4/c1-18(2)20-15-21-23(16-24(20)32)29(3)11-7-12-30(4,28(39)40)26(29)17-25(21)37-41-14-8-13-36-27(38)19-9-5-6-10-22(19)31(33,34)35/h5-6,9-10,15-16,18,26H,7-8,11-14,17H2,1-4H3,(H,36,38)(H,39,40)/b37-25+/t26-,29-,30-/m1/s1. The highest BCUT2D eigenvalue weighted by Crippen LogP contribution is 2.58. The van der Waals surface area contributed by atoms with Crippen molar-refractivity contribution in [3.8, 4) is 0 Å². The molecule has 2 N–H and O–H groups in total. The van der Waals surface area contributed by atoms with E-state index in [1.165, 1.54) is 12.1 Å². The number of carboxylic acid groups (broad SMARTS) is 1. The monoisotopic (exact) mass is 636 g/mol. The number of fused-ring (bicyclic) bond motifs is 3. The summed E-state index contributed by atoms with van der Waals surface area (Å²) in [6.07, 6.45) is -1.55. The van der Waals surface area contributed by atoms with Crippen LogP contribution in [-0.4, -0.2) is 35.8 Å². The molecule has 0 radical (unpaired) electrons. The van der Waals surface area contributed by atoms with Gasteiger partial charge < -0.3 is 15.3 Å². The highest BCUT2D eigenvalue weighted by Gasteiger charge is 2.56. The van der Waals surface area contributed by atoms with Crippen molar-refractivity contribution in [2.24, 2.45) is 16.5 Å². The topological polar surface area (TPSA) is 88.0 Å². The highest BCUT2D eigenvalue weighted by atomic mass is 79.9. The molecule has 2 aromatic carbocycles. The smallest absolute Gasteiger partial charge is 0.417 e. The number of nitrogens with one attached hydrogen (secondary N) is 1. The minimum Gasteiger partial charge on any atom is -0.481 e. The zero-order valence-electron chi connectivity index (χ0n) is 23.7. The van der Waals surface area contributed by atoms with Crippen molar-refractivity contribution in [1.82, 2.24) is 5.32 Å². The van der Waals surface area contributed by atoms with Gasteiger partial charge in [0.05, 0.1) is 22.3 Å². The van der Waals surface area contributed by atoms with Crippen LogP contribution in [0.15, 0.2) is 46.0 Å². The van der Waals surface area contributed by atoms with E-state index in [1.54, 1.807) is 0 Å². The first-order valence-electron chi connectivity index (χ1n) is 13.9. The summed E-state index contributed by atoms with van der Waals surface area (Å²) in [5.74, 6) is -1.54. The fourth-order valence-electron chi connectivity index (χ4n) is 6.52. The van der Waals surface area contributed by atoms with Crippen molar-refractivity contribution in [2.45, 2.75) is 77.3 Å². The summed E-state index contributed by atoms with van der Waals surface area (Å²) in [6.45, 7) is 8.45. The van der Waals surface area contributed by atoms with Crippen LogP contribution in [0.4, 0.5) is 13.2 Å². The molecule has 0 unspecified atom stereocenters. The van der Waals surface area contributed by atoms with Gasteiger partial charge in [-0.1, -0.05) is 60.4 Å². The predicted molar refractivity (Wildman–Crippen MR) is 154 cm³/mol. The van der Waals surface area contributed by atoms with Crippen LogP contribution in [0.2, 0.25) is 0 Å². The molecule has 2 aliphatic carbocycles. The lowest BCUT2D eigenvalue weighted by Gasteiger charge is -2.53. The summed E-state index contributed by atoms with van der Waals surface area (Å²) >= 11 is 3.73. The maximum Gasteiger partial charge on any atom is 0.417 e. The number of nitrogens with zero attached hydrogens (tertiary/aromatic N) is 1. The van der Waals surface area contributed by atoms with Gasteiger partial charge in [-0.05, 0) is 78.8 Å². The molecule has 6 nitrogen and oxygen atoms in total. The predicted octanol–water partition coefficient (Wildman–Crippen LogP) is 7.68. The number of rotatable bonds is 8. The third-order valence-electron chi connectivity index (χ3n) is 8.85. The van der Waals surface area contributed by atoms with Crippen LogP contribution in [0.25, 0.3) is 0 Å². The Morgan fingerprint density at radius 1 is 1.20 bits per heavy atom. The van der Waals surface area contributed by atoms with E-state index in [0.717, 1.165) is 46.1 Å². The van der Waals surface area contributed by atoms with Crippen LogP contribution in [0.5, 0.6) is 0 Å². The molecule has 4 rings (SSSR count). The van der Waals surface area contributed by atoms with E-state index in [-0.39, 0.29) is 30.4 Å². The zero-order chi connectivity index (χ0) is 30.2. The maximum absolute atomic E-state index is 13.2. The molecule has 0 spiro atoms. The van der Waals surface area contributed by atoms with Gasteiger partial charge in [-0.15, -0.1) is 0 Å². The van der Waals surface area contributed by atoms with E-state index in [0.29, 0.717) is 25.0 Å². The Labute approximate surface area is 246 Å². The van der Waals surface area contributed by atoms with Gasteiger partial charge in [0.15, 0.2) is 0 Å². The molecular weight excluding hydrogens is 601 g/mol. The molecule has 222 valence electrons. The molecule has 0 heterocycles. The molecule has 3 atom stereocenters. The number of carboxylic acids is 1. The van der Waals surface area contributed by atoms with Crippen molar-refractivity contribution in [3.63, 3.8) is 0 Å². The normalized spacial score (nSPS) is 25.0. The van der Waals surface area contributed by atoms with E-state index >= 15 is 0 Å². The molecule has 0 saturated heterocycles. The third-order valence-corrected chi connectivity index (χ3v) is 9.54. The van der Waals surface area contributed by atoms with Crippen LogP contribution in [-0.2, 0) is 21.2 Å². The Bertz CT molecular complexity index is 1360. The first kappa shape index (κ1) is 31.1. The van der Waals surface area contributed by atoms with Crippen molar-refractivity contribution in [1.29, 1.82) is 0 Å². The zero-order valence-corrected chi connectivity index (χ0v) is 25.3. The van der Waals surface area contributed by atoms with E-state index in [4.69, 9.17) is 4.84 Å². The summed E-state index contributed by atoms with van der Waals surface area (Å²) < 4.78 is 40.7. The fourth-order valence-corrected chi connectivity index (χ4v) is 7.32. The first-order chi connectivity index (χ1) is 19.2. The van der Waals surface area contributed by atoms with E-state index < -0.39 is 34.6 Å². The summed E-state index contributed by atoms with van der Waals surface area (Å²) in [4.78, 5) is 30.5. The fraction of sp³-hybridized carbons (Fsp3) is 0.516. The van der Waals surface area contributed by atoms with Crippen LogP contribution < -0.4 is 5.32 Å². The molecule has 1 fully saturated rings. The van der Waals surface area contributed by atoms with Crippen LogP contribution in [0.3, 0.4) is 0 Å².